The highest BCUT2D eigenvalue weighted by Gasteiger charge is 2.08. The van der Waals surface area contributed by atoms with E-state index in [4.69, 9.17) is 4.74 Å². The number of benzene rings is 2. The van der Waals surface area contributed by atoms with Gasteiger partial charge in [0, 0.05) is 11.6 Å². The number of hydrogen-bond acceptors (Lipinski definition) is 4. The highest BCUT2D eigenvalue weighted by Crippen LogP contribution is 2.29. The fraction of sp³-hybridized carbons (Fsp3) is 0.0556. The molecule has 0 amide bonds. The number of aromatic nitrogens is 2. The molecule has 0 fully saturated rings. The molecule has 0 radical (unpaired) electrons. The fourth-order valence-electron chi connectivity index (χ4n) is 2.33. The van der Waals surface area contributed by atoms with E-state index in [2.05, 4.69) is 10.2 Å². The molecule has 1 aromatic heterocycles. The third-order valence-electron chi connectivity index (χ3n) is 3.45. The van der Waals surface area contributed by atoms with Gasteiger partial charge in [-0.15, -0.1) is 5.10 Å². The van der Waals surface area contributed by atoms with Gasteiger partial charge in [0.2, 0.25) is 5.88 Å². The van der Waals surface area contributed by atoms with Crippen molar-refractivity contribution >= 4 is 0 Å². The van der Waals surface area contributed by atoms with Gasteiger partial charge in [-0.3, -0.25) is 0 Å². The number of rotatable bonds is 3. The Kier molecular flexibility index (Phi) is 3.98. The third-order valence-corrected chi connectivity index (χ3v) is 3.45. The van der Waals surface area contributed by atoms with Crippen molar-refractivity contribution in [3.63, 3.8) is 0 Å². The summed E-state index contributed by atoms with van der Waals surface area (Å²) < 4.78 is 18.4. The fourth-order valence-corrected chi connectivity index (χ4v) is 2.33. The van der Waals surface area contributed by atoms with Crippen molar-refractivity contribution in [2.45, 2.75) is 0 Å². The summed E-state index contributed by atoms with van der Waals surface area (Å²) in [7, 11) is 1.53. The molecule has 2 aromatic carbocycles. The van der Waals surface area contributed by atoms with E-state index in [-0.39, 0.29) is 0 Å². The van der Waals surface area contributed by atoms with Gasteiger partial charge in [-0.2, -0.15) is 10.4 Å². The van der Waals surface area contributed by atoms with Gasteiger partial charge < -0.3 is 4.74 Å². The second kappa shape index (κ2) is 6.24. The van der Waals surface area contributed by atoms with Gasteiger partial charge in [0.15, 0.2) is 0 Å². The lowest BCUT2D eigenvalue weighted by atomic mass is 9.97. The zero-order valence-corrected chi connectivity index (χ0v) is 12.3. The van der Waals surface area contributed by atoms with Crippen LogP contribution in [-0.2, 0) is 0 Å². The number of nitriles is 1. The Morgan fingerprint density at radius 3 is 2.65 bits per heavy atom. The monoisotopic (exact) mass is 305 g/mol. The molecular weight excluding hydrogens is 293 g/mol. The lowest BCUT2D eigenvalue weighted by Gasteiger charge is -2.08. The Bertz CT molecular complexity index is 903. The number of ether oxygens (including phenoxy) is 1. The zero-order chi connectivity index (χ0) is 16.2. The standard InChI is InChI=1S/C18H12FN3O/c1-23-18-9-15(11-21-22-18)12-3-2-4-13(7-12)17-6-5-16(19)8-14(17)10-20/h2-9,11H,1H3. The molecule has 0 saturated heterocycles. The first kappa shape index (κ1) is 14.7. The smallest absolute Gasteiger partial charge is 0.233 e. The summed E-state index contributed by atoms with van der Waals surface area (Å²) in [6.45, 7) is 0. The predicted molar refractivity (Wildman–Crippen MR) is 84.1 cm³/mol. The van der Waals surface area contributed by atoms with E-state index < -0.39 is 5.82 Å². The minimum absolute atomic E-state index is 0.299. The van der Waals surface area contributed by atoms with Crippen molar-refractivity contribution in [1.82, 2.24) is 10.2 Å². The van der Waals surface area contributed by atoms with Gasteiger partial charge in [0.25, 0.3) is 0 Å². The van der Waals surface area contributed by atoms with Crippen molar-refractivity contribution in [2.75, 3.05) is 7.11 Å². The molecule has 0 saturated carbocycles. The first-order chi connectivity index (χ1) is 11.2. The Morgan fingerprint density at radius 2 is 1.87 bits per heavy atom. The summed E-state index contributed by atoms with van der Waals surface area (Å²) >= 11 is 0. The van der Waals surface area contributed by atoms with Crippen LogP contribution in [0.2, 0.25) is 0 Å². The molecular formula is C18H12FN3O. The maximum absolute atomic E-state index is 13.3. The predicted octanol–water partition coefficient (Wildman–Crippen LogP) is 3.83. The SMILES string of the molecule is COc1cc(-c2cccc(-c3ccc(F)cc3C#N)c2)cnn1. The number of nitrogens with zero attached hydrogens (tertiary/aromatic N) is 3. The lowest BCUT2D eigenvalue weighted by molar-refractivity contribution is 0.392. The highest BCUT2D eigenvalue weighted by molar-refractivity contribution is 5.76. The first-order valence-electron chi connectivity index (χ1n) is 6.88. The molecule has 0 N–H and O–H groups in total. The maximum atomic E-state index is 13.3. The highest BCUT2D eigenvalue weighted by atomic mass is 19.1. The van der Waals surface area contributed by atoms with Crippen LogP contribution in [0.5, 0.6) is 5.88 Å². The van der Waals surface area contributed by atoms with Gasteiger partial charge in [0.05, 0.1) is 24.9 Å². The average molecular weight is 305 g/mol. The van der Waals surface area contributed by atoms with E-state index in [0.717, 1.165) is 16.7 Å². The van der Waals surface area contributed by atoms with Crippen LogP contribution in [0.15, 0.2) is 54.7 Å². The molecule has 4 nitrogen and oxygen atoms in total. The van der Waals surface area contributed by atoms with Crippen molar-refractivity contribution in [1.29, 1.82) is 5.26 Å². The molecule has 23 heavy (non-hydrogen) atoms. The van der Waals surface area contributed by atoms with E-state index >= 15 is 0 Å². The van der Waals surface area contributed by atoms with Gasteiger partial charge in [-0.05, 0) is 34.9 Å². The molecule has 0 bridgehead atoms. The van der Waals surface area contributed by atoms with Gasteiger partial charge in [-0.1, -0.05) is 24.3 Å². The van der Waals surface area contributed by atoms with Crippen LogP contribution in [-0.4, -0.2) is 17.3 Å². The number of hydrogen-bond donors (Lipinski definition) is 0. The second-order valence-electron chi connectivity index (χ2n) is 4.87. The molecule has 112 valence electrons. The van der Waals surface area contributed by atoms with Crippen LogP contribution in [0.1, 0.15) is 5.56 Å². The Hall–Kier alpha value is -3.26. The number of methoxy groups -OCH3 is 1. The van der Waals surface area contributed by atoms with Crippen LogP contribution in [0, 0.1) is 17.1 Å². The minimum atomic E-state index is -0.426. The van der Waals surface area contributed by atoms with E-state index in [0.29, 0.717) is 17.0 Å². The molecule has 0 unspecified atom stereocenters. The molecule has 0 atom stereocenters. The minimum Gasteiger partial charge on any atom is -0.480 e. The van der Waals surface area contributed by atoms with Crippen LogP contribution in [0.25, 0.3) is 22.3 Å². The number of halogens is 1. The Morgan fingerprint density at radius 1 is 1.04 bits per heavy atom. The lowest BCUT2D eigenvalue weighted by Crippen LogP contribution is -1.91. The van der Waals surface area contributed by atoms with E-state index in [1.807, 2.05) is 30.3 Å². The molecule has 0 aliphatic heterocycles. The molecule has 5 heteroatoms. The summed E-state index contributed by atoms with van der Waals surface area (Å²) in [5.41, 5.74) is 3.57. The quantitative estimate of drug-likeness (QED) is 0.738. The molecule has 1 heterocycles. The van der Waals surface area contributed by atoms with Crippen molar-refractivity contribution < 1.29 is 9.13 Å². The third kappa shape index (κ3) is 3.01. The van der Waals surface area contributed by atoms with Crippen LogP contribution < -0.4 is 4.74 Å². The van der Waals surface area contributed by atoms with E-state index in [1.54, 1.807) is 18.3 Å². The summed E-state index contributed by atoms with van der Waals surface area (Å²) in [5, 5.41) is 17.0. The summed E-state index contributed by atoms with van der Waals surface area (Å²) in [4.78, 5) is 0. The van der Waals surface area contributed by atoms with Crippen LogP contribution in [0.4, 0.5) is 4.39 Å². The first-order valence-corrected chi connectivity index (χ1v) is 6.88. The summed E-state index contributed by atoms with van der Waals surface area (Å²) in [6.07, 6.45) is 1.64. The Labute approximate surface area is 132 Å². The zero-order valence-electron chi connectivity index (χ0n) is 12.3. The van der Waals surface area contributed by atoms with E-state index in [9.17, 15) is 9.65 Å². The largest absolute Gasteiger partial charge is 0.480 e. The normalized spacial score (nSPS) is 10.1. The molecule has 3 aromatic rings. The van der Waals surface area contributed by atoms with Crippen LogP contribution >= 0.6 is 0 Å². The van der Waals surface area contributed by atoms with Crippen LogP contribution in [0.3, 0.4) is 0 Å². The molecule has 3 rings (SSSR count). The molecule has 0 aliphatic rings. The van der Waals surface area contributed by atoms with Crippen molar-refractivity contribution in [3.8, 4) is 34.2 Å². The summed E-state index contributed by atoms with van der Waals surface area (Å²) in [5.74, 6) is -0.00285. The van der Waals surface area contributed by atoms with E-state index in [1.165, 1.54) is 19.2 Å². The molecule has 0 spiro atoms. The van der Waals surface area contributed by atoms with Gasteiger partial charge in [-0.25, -0.2) is 4.39 Å². The van der Waals surface area contributed by atoms with Crippen molar-refractivity contribution in [3.05, 3.63) is 66.1 Å². The van der Waals surface area contributed by atoms with Gasteiger partial charge >= 0.3 is 0 Å². The summed E-state index contributed by atoms with van der Waals surface area (Å²) in [6, 6.07) is 15.6. The molecule has 0 aliphatic carbocycles. The Balaban J connectivity index is 2.09. The van der Waals surface area contributed by atoms with Gasteiger partial charge in [0.1, 0.15) is 5.82 Å². The maximum Gasteiger partial charge on any atom is 0.233 e. The van der Waals surface area contributed by atoms with Crippen molar-refractivity contribution in [2.24, 2.45) is 0 Å². The average Bonchev–Trinajstić information content (AvgIpc) is 2.61. The second-order valence-corrected chi connectivity index (χ2v) is 4.87. The topological polar surface area (TPSA) is 58.8 Å².